The van der Waals surface area contributed by atoms with Crippen molar-refractivity contribution in [3.63, 3.8) is 0 Å². The van der Waals surface area contributed by atoms with Gasteiger partial charge in [0.15, 0.2) is 0 Å². The molecular formula is C14H21N3O. The highest BCUT2D eigenvalue weighted by Crippen LogP contribution is 2.22. The summed E-state index contributed by atoms with van der Waals surface area (Å²) in [5, 5.41) is 3.33. The van der Waals surface area contributed by atoms with Crippen molar-refractivity contribution in [2.75, 3.05) is 25.0 Å². The Bertz CT molecular complexity index is 445. The summed E-state index contributed by atoms with van der Waals surface area (Å²) in [5.74, 6) is -0.356. The number of piperidine rings is 1. The van der Waals surface area contributed by atoms with Crippen LogP contribution in [0, 0.1) is 6.92 Å². The summed E-state index contributed by atoms with van der Waals surface area (Å²) in [4.78, 5) is 13.6. The Morgan fingerprint density at radius 1 is 1.50 bits per heavy atom. The van der Waals surface area contributed by atoms with Gasteiger partial charge in [-0.3, -0.25) is 4.79 Å². The minimum Gasteiger partial charge on any atom is -0.370 e. The fraction of sp³-hybridized carbons (Fsp3) is 0.500. The Morgan fingerprint density at radius 3 is 2.89 bits per heavy atom. The highest BCUT2D eigenvalue weighted by Gasteiger charge is 2.19. The number of carbonyl (C=O) groups is 1. The molecule has 1 atom stereocenters. The van der Waals surface area contributed by atoms with E-state index >= 15 is 0 Å². The molecule has 4 heteroatoms. The molecule has 2 rings (SSSR count). The van der Waals surface area contributed by atoms with Crippen LogP contribution in [0.25, 0.3) is 0 Å². The number of likely N-dealkylation sites (N-methyl/N-ethyl adjacent to an activating group) is 1. The van der Waals surface area contributed by atoms with E-state index in [2.05, 4.69) is 16.3 Å². The lowest BCUT2D eigenvalue weighted by molar-refractivity contribution is 0.0999. The summed E-state index contributed by atoms with van der Waals surface area (Å²) < 4.78 is 0. The van der Waals surface area contributed by atoms with E-state index in [9.17, 15) is 4.79 Å². The first kappa shape index (κ1) is 12.9. The van der Waals surface area contributed by atoms with Crippen molar-refractivity contribution in [3.8, 4) is 0 Å². The maximum atomic E-state index is 11.2. The molecule has 1 saturated heterocycles. The lowest BCUT2D eigenvalue weighted by Crippen LogP contribution is -2.44. The van der Waals surface area contributed by atoms with Crippen LogP contribution in [-0.2, 0) is 0 Å². The topological polar surface area (TPSA) is 58.4 Å². The van der Waals surface area contributed by atoms with Crippen molar-refractivity contribution in [2.24, 2.45) is 5.73 Å². The lowest BCUT2D eigenvalue weighted by atomic mass is 10.0. The molecule has 0 saturated carbocycles. The minimum absolute atomic E-state index is 0.356. The van der Waals surface area contributed by atoms with Crippen LogP contribution >= 0.6 is 0 Å². The van der Waals surface area contributed by atoms with Crippen LogP contribution < -0.4 is 16.0 Å². The maximum absolute atomic E-state index is 11.2. The predicted molar refractivity (Wildman–Crippen MR) is 74.0 cm³/mol. The number of nitrogens with zero attached hydrogens (tertiary/aromatic N) is 1. The molecule has 1 aliphatic heterocycles. The zero-order valence-corrected chi connectivity index (χ0v) is 11.1. The molecule has 1 heterocycles. The lowest BCUT2D eigenvalue weighted by Gasteiger charge is -2.34. The van der Waals surface area contributed by atoms with Crippen molar-refractivity contribution < 1.29 is 4.79 Å². The Morgan fingerprint density at radius 2 is 2.28 bits per heavy atom. The summed E-state index contributed by atoms with van der Waals surface area (Å²) in [7, 11) is 2.01. The first-order valence-electron chi connectivity index (χ1n) is 6.44. The summed E-state index contributed by atoms with van der Waals surface area (Å²) in [6.45, 7) is 4.03. The van der Waals surface area contributed by atoms with Gasteiger partial charge in [0.2, 0.25) is 5.91 Å². The van der Waals surface area contributed by atoms with E-state index in [1.807, 2.05) is 26.1 Å². The van der Waals surface area contributed by atoms with E-state index in [1.54, 1.807) is 0 Å². The molecule has 1 aliphatic rings. The fourth-order valence-corrected chi connectivity index (χ4v) is 2.57. The molecule has 1 aromatic carbocycles. The number of hydrogen-bond donors (Lipinski definition) is 2. The number of amides is 1. The van der Waals surface area contributed by atoms with Gasteiger partial charge in [-0.25, -0.2) is 0 Å². The van der Waals surface area contributed by atoms with Crippen LogP contribution in [0.5, 0.6) is 0 Å². The third kappa shape index (κ3) is 2.64. The van der Waals surface area contributed by atoms with E-state index in [1.165, 1.54) is 18.5 Å². The van der Waals surface area contributed by atoms with Gasteiger partial charge in [0.25, 0.3) is 0 Å². The number of hydrogen-bond acceptors (Lipinski definition) is 3. The van der Waals surface area contributed by atoms with Crippen LogP contribution in [0.4, 0.5) is 5.69 Å². The van der Waals surface area contributed by atoms with Crippen molar-refractivity contribution in [1.29, 1.82) is 0 Å². The predicted octanol–water partition coefficient (Wildman–Crippen LogP) is 1.28. The fourth-order valence-electron chi connectivity index (χ4n) is 2.57. The van der Waals surface area contributed by atoms with Crippen molar-refractivity contribution in [1.82, 2.24) is 5.32 Å². The van der Waals surface area contributed by atoms with E-state index in [0.717, 1.165) is 18.7 Å². The number of nitrogens with one attached hydrogen (secondary N) is 1. The first-order valence-corrected chi connectivity index (χ1v) is 6.44. The molecule has 0 radical (unpaired) electrons. The van der Waals surface area contributed by atoms with Gasteiger partial charge in [-0.05, 0) is 50.6 Å². The molecule has 1 fully saturated rings. The number of carbonyl (C=O) groups excluding carboxylic acids is 1. The normalized spacial score (nSPS) is 19.9. The highest BCUT2D eigenvalue weighted by molar-refractivity contribution is 5.94. The summed E-state index contributed by atoms with van der Waals surface area (Å²) in [5.41, 5.74) is 8.06. The third-order valence-electron chi connectivity index (χ3n) is 3.67. The Labute approximate surface area is 108 Å². The van der Waals surface area contributed by atoms with Gasteiger partial charge in [0.1, 0.15) is 0 Å². The molecule has 0 bridgehead atoms. The number of aryl methyl sites for hydroxylation is 1. The van der Waals surface area contributed by atoms with Crippen LogP contribution in [-0.4, -0.2) is 32.1 Å². The molecule has 0 spiro atoms. The van der Waals surface area contributed by atoms with Gasteiger partial charge < -0.3 is 16.0 Å². The van der Waals surface area contributed by atoms with Crippen molar-refractivity contribution >= 4 is 11.6 Å². The van der Waals surface area contributed by atoms with Gasteiger partial charge in [0, 0.05) is 30.4 Å². The monoisotopic (exact) mass is 247 g/mol. The van der Waals surface area contributed by atoms with E-state index in [4.69, 9.17) is 5.73 Å². The molecule has 98 valence electrons. The molecule has 0 aliphatic carbocycles. The van der Waals surface area contributed by atoms with Crippen molar-refractivity contribution in [3.05, 3.63) is 29.3 Å². The van der Waals surface area contributed by atoms with E-state index in [0.29, 0.717) is 11.6 Å². The SMILES string of the molecule is CNC1CCCN(c2ccc(C(N)=O)c(C)c2)C1. The molecule has 3 N–H and O–H groups in total. The highest BCUT2D eigenvalue weighted by atomic mass is 16.1. The summed E-state index contributed by atoms with van der Waals surface area (Å²) >= 11 is 0. The van der Waals surface area contributed by atoms with E-state index in [-0.39, 0.29) is 5.91 Å². The molecule has 1 unspecified atom stereocenters. The molecular weight excluding hydrogens is 226 g/mol. The number of benzene rings is 1. The van der Waals surface area contributed by atoms with E-state index < -0.39 is 0 Å². The molecule has 1 aromatic rings. The number of anilines is 1. The number of nitrogens with two attached hydrogens (primary N) is 1. The Hall–Kier alpha value is -1.55. The number of primary amides is 1. The second-order valence-electron chi connectivity index (χ2n) is 4.94. The van der Waals surface area contributed by atoms with Gasteiger partial charge in [-0.1, -0.05) is 0 Å². The average molecular weight is 247 g/mol. The molecule has 1 amide bonds. The Balaban J connectivity index is 2.18. The van der Waals surface area contributed by atoms with Crippen LogP contribution in [0.3, 0.4) is 0 Å². The molecule has 0 aromatic heterocycles. The van der Waals surface area contributed by atoms with Gasteiger partial charge in [-0.2, -0.15) is 0 Å². The van der Waals surface area contributed by atoms with Crippen LogP contribution in [0.15, 0.2) is 18.2 Å². The van der Waals surface area contributed by atoms with Gasteiger partial charge >= 0.3 is 0 Å². The van der Waals surface area contributed by atoms with Crippen molar-refractivity contribution in [2.45, 2.75) is 25.8 Å². The second-order valence-corrected chi connectivity index (χ2v) is 4.94. The second kappa shape index (κ2) is 5.40. The standard InChI is InChI=1S/C14H21N3O/c1-10-8-12(5-6-13(10)14(15)18)17-7-3-4-11(9-17)16-2/h5-6,8,11,16H,3-4,7,9H2,1-2H3,(H2,15,18). The smallest absolute Gasteiger partial charge is 0.248 e. The van der Waals surface area contributed by atoms with Crippen LogP contribution in [0.1, 0.15) is 28.8 Å². The molecule has 4 nitrogen and oxygen atoms in total. The third-order valence-corrected chi connectivity index (χ3v) is 3.67. The maximum Gasteiger partial charge on any atom is 0.248 e. The summed E-state index contributed by atoms with van der Waals surface area (Å²) in [6, 6.07) is 6.43. The quantitative estimate of drug-likeness (QED) is 0.846. The zero-order chi connectivity index (χ0) is 13.1. The van der Waals surface area contributed by atoms with Gasteiger partial charge in [-0.15, -0.1) is 0 Å². The largest absolute Gasteiger partial charge is 0.370 e. The summed E-state index contributed by atoms with van der Waals surface area (Å²) in [6.07, 6.45) is 2.42. The van der Waals surface area contributed by atoms with Gasteiger partial charge in [0.05, 0.1) is 0 Å². The average Bonchev–Trinajstić information content (AvgIpc) is 2.38. The Kier molecular flexibility index (Phi) is 3.87. The molecule has 18 heavy (non-hydrogen) atoms. The first-order chi connectivity index (χ1) is 8.61. The number of rotatable bonds is 3. The van der Waals surface area contributed by atoms with Crippen LogP contribution in [0.2, 0.25) is 0 Å². The minimum atomic E-state index is -0.356. The zero-order valence-electron chi connectivity index (χ0n) is 11.1.